The van der Waals surface area contributed by atoms with E-state index in [1.807, 2.05) is 0 Å². The summed E-state index contributed by atoms with van der Waals surface area (Å²) >= 11 is 0. The summed E-state index contributed by atoms with van der Waals surface area (Å²) in [5, 5.41) is 2.42. The predicted octanol–water partition coefficient (Wildman–Crippen LogP) is 12.5. The lowest BCUT2D eigenvalue weighted by atomic mass is 9.98. The van der Waals surface area contributed by atoms with Crippen molar-refractivity contribution in [3.8, 4) is 51.0 Å². The number of nitrogens with zero attached hydrogens (tertiary/aromatic N) is 5. The summed E-state index contributed by atoms with van der Waals surface area (Å²) in [4.78, 5) is 10.5. The minimum Gasteiger partial charge on any atom is -0.309 e. The standard InChI is InChI=1S/C50H33N5/c1-4-17-34(18-5-1)49-51-42-25-11-14-28-45(42)54(49)38-31-36(32-39(33-38)55-46-29-15-12-26-43(46)52-50(55)35-19-6-2-7-20-35)40-24-16-30-47-48(40)41-23-10-13-27-44(41)53(47)37-21-8-3-9-22-37/h1-33H. The van der Waals surface area contributed by atoms with Crippen LogP contribution in [0.3, 0.4) is 0 Å². The van der Waals surface area contributed by atoms with Crippen molar-refractivity contribution in [3.05, 3.63) is 200 Å². The summed E-state index contributed by atoms with van der Waals surface area (Å²) in [5.74, 6) is 1.78. The highest BCUT2D eigenvalue weighted by Crippen LogP contribution is 2.41. The third-order valence-corrected chi connectivity index (χ3v) is 10.6. The SMILES string of the molecule is c1ccc(-c2nc3ccccc3n2-c2cc(-c3cccc4c3c3ccccc3n4-c3ccccc3)cc(-n3c(-c4ccccc4)nc4ccccc43)c2)cc1. The maximum Gasteiger partial charge on any atom is 0.145 e. The molecule has 8 aromatic carbocycles. The summed E-state index contributed by atoms with van der Waals surface area (Å²) in [6.07, 6.45) is 0. The highest BCUT2D eigenvalue weighted by molar-refractivity contribution is 6.16. The predicted molar refractivity (Wildman–Crippen MR) is 226 cm³/mol. The van der Waals surface area contributed by atoms with Crippen LogP contribution in [0.25, 0.3) is 94.8 Å². The number of hydrogen-bond acceptors (Lipinski definition) is 2. The van der Waals surface area contributed by atoms with Gasteiger partial charge in [-0.15, -0.1) is 0 Å². The summed E-state index contributed by atoms with van der Waals surface area (Å²) in [7, 11) is 0. The number of aromatic nitrogens is 5. The van der Waals surface area contributed by atoms with E-state index in [1.54, 1.807) is 0 Å². The zero-order chi connectivity index (χ0) is 36.3. The Kier molecular flexibility index (Phi) is 7.10. The van der Waals surface area contributed by atoms with Crippen LogP contribution < -0.4 is 0 Å². The fraction of sp³-hybridized carbons (Fsp3) is 0. The topological polar surface area (TPSA) is 40.6 Å². The first-order valence-electron chi connectivity index (χ1n) is 18.6. The van der Waals surface area contributed by atoms with Crippen molar-refractivity contribution >= 4 is 43.9 Å². The summed E-state index contributed by atoms with van der Waals surface area (Å²) in [6.45, 7) is 0. The number of rotatable bonds is 6. The van der Waals surface area contributed by atoms with Crippen LogP contribution >= 0.6 is 0 Å². The van der Waals surface area contributed by atoms with E-state index in [9.17, 15) is 0 Å². The molecule has 0 aliphatic rings. The maximum atomic E-state index is 5.24. The molecule has 0 N–H and O–H groups in total. The molecule has 3 aromatic heterocycles. The zero-order valence-electron chi connectivity index (χ0n) is 29.8. The molecular formula is C50H33N5. The third-order valence-electron chi connectivity index (χ3n) is 10.6. The van der Waals surface area contributed by atoms with Crippen molar-refractivity contribution in [2.45, 2.75) is 0 Å². The van der Waals surface area contributed by atoms with E-state index < -0.39 is 0 Å². The largest absolute Gasteiger partial charge is 0.309 e. The van der Waals surface area contributed by atoms with Gasteiger partial charge in [0.2, 0.25) is 0 Å². The van der Waals surface area contributed by atoms with Gasteiger partial charge in [-0.3, -0.25) is 9.13 Å². The van der Waals surface area contributed by atoms with Gasteiger partial charge in [-0.1, -0.05) is 133 Å². The Morgan fingerprint density at radius 2 is 0.782 bits per heavy atom. The zero-order valence-corrected chi connectivity index (χ0v) is 29.8. The van der Waals surface area contributed by atoms with Gasteiger partial charge in [-0.2, -0.15) is 0 Å². The van der Waals surface area contributed by atoms with Gasteiger partial charge in [0, 0.05) is 27.6 Å². The molecule has 0 amide bonds. The van der Waals surface area contributed by atoms with Gasteiger partial charge in [-0.25, -0.2) is 9.97 Å². The second-order valence-corrected chi connectivity index (χ2v) is 13.9. The van der Waals surface area contributed by atoms with Gasteiger partial charge in [0.1, 0.15) is 11.6 Å². The summed E-state index contributed by atoms with van der Waals surface area (Å²) < 4.78 is 7.01. The van der Waals surface area contributed by atoms with Crippen LogP contribution in [0.4, 0.5) is 0 Å². The first-order valence-corrected chi connectivity index (χ1v) is 18.6. The Morgan fingerprint density at radius 1 is 0.309 bits per heavy atom. The van der Waals surface area contributed by atoms with Crippen LogP contribution in [0.2, 0.25) is 0 Å². The van der Waals surface area contributed by atoms with Crippen LogP contribution in [-0.4, -0.2) is 23.7 Å². The van der Waals surface area contributed by atoms with E-state index in [0.717, 1.165) is 78.5 Å². The van der Waals surface area contributed by atoms with Crippen molar-refractivity contribution in [1.82, 2.24) is 23.7 Å². The van der Waals surface area contributed by atoms with Gasteiger partial charge in [-0.05, 0) is 77.9 Å². The molecule has 11 rings (SSSR count). The fourth-order valence-electron chi connectivity index (χ4n) is 8.26. The molecule has 0 bridgehead atoms. The van der Waals surface area contributed by atoms with E-state index in [4.69, 9.17) is 9.97 Å². The Morgan fingerprint density at radius 3 is 1.36 bits per heavy atom. The molecular weight excluding hydrogens is 671 g/mol. The minimum absolute atomic E-state index is 0.891. The number of para-hydroxylation sites is 6. The maximum absolute atomic E-state index is 5.24. The Hall–Kier alpha value is -7.50. The highest BCUT2D eigenvalue weighted by Gasteiger charge is 2.22. The van der Waals surface area contributed by atoms with E-state index in [2.05, 4.69) is 214 Å². The van der Waals surface area contributed by atoms with Gasteiger partial charge < -0.3 is 4.57 Å². The lowest BCUT2D eigenvalue weighted by Crippen LogP contribution is -2.03. The molecule has 3 heterocycles. The Bertz CT molecular complexity index is 3050. The monoisotopic (exact) mass is 703 g/mol. The molecule has 0 unspecified atom stereocenters. The summed E-state index contributed by atoms with van der Waals surface area (Å²) in [6, 6.07) is 70.8. The third kappa shape index (κ3) is 5.02. The Labute approximate surface area is 317 Å². The van der Waals surface area contributed by atoms with Crippen molar-refractivity contribution in [2.75, 3.05) is 0 Å². The molecule has 0 aliphatic heterocycles. The van der Waals surface area contributed by atoms with Crippen molar-refractivity contribution < 1.29 is 0 Å². The van der Waals surface area contributed by atoms with Gasteiger partial charge in [0.05, 0.1) is 44.5 Å². The Balaban J connectivity index is 1.27. The van der Waals surface area contributed by atoms with Gasteiger partial charge in [0.15, 0.2) is 0 Å². The van der Waals surface area contributed by atoms with Crippen molar-refractivity contribution in [1.29, 1.82) is 0 Å². The van der Waals surface area contributed by atoms with Crippen molar-refractivity contribution in [2.24, 2.45) is 0 Å². The quantitative estimate of drug-likeness (QED) is 0.173. The second kappa shape index (κ2) is 12.6. The van der Waals surface area contributed by atoms with Crippen molar-refractivity contribution in [3.63, 3.8) is 0 Å². The van der Waals surface area contributed by atoms with Crippen LogP contribution in [0.5, 0.6) is 0 Å². The smallest absolute Gasteiger partial charge is 0.145 e. The molecule has 258 valence electrons. The molecule has 0 atom stereocenters. The molecule has 5 heteroatoms. The average molecular weight is 704 g/mol. The first-order chi connectivity index (χ1) is 27.3. The van der Waals surface area contributed by atoms with E-state index in [1.165, 1.54) is 16.3 Å². The number of fused-ring (bicyclic) bond motifs is 5. The molecule has 55 heavy (non-hydrogen) atoms. The molecule has 0 radical (unpaired) electrons. The van der Waals surface area contributed by atoms with Gasteiger partial charge >= 0.3 is 0 Å². The van der Waals surface area contributed by atoms with E-state index in [-0.39, 0.29) is 0 Å². The van der Waals surface area contributed by atoms with Crippen LogP contribution in [0.15, 0.2) is 200 Å². The molecule has 0 saturated carbocycles. The lowest BCUT2D eigenvalue weighted by molar-refractivity contribution is 1.07. The molecule has 5 nitrogen and oxygen atoms in total. The van der Waals surface area contributed by atoms with Gasteiger partial charge in [0.25, 0.3) is 0 Å². The average Bonchev–Trinajstić information content (AvgIpc) is 3.95. The summed E-state index contributed by atoms with van der Waals surface area (Å²) in [5.41, 5.74) is 13.8. The number of hydrogen-bond donors (Lipinski definition) is 0. The highest BCUT2D eigenvalue weighted by atomic mass is 15.1. The lowest BCUT2D eigenvalue weighted by Gasteiger charge is -2.17. The van der Waals surface area contributed by atoms with E-state index >= 15 is 0 Å². The number of benzene rings is 8. The fourth-order valence-corrected chi connectivity index (χ4v) is 8.26. The second-order valence-electron chi connectivity index (χ2n) is 13.9. The first kappa shape index (κ1) is 31.1. The molecule has 0 spiro atoms. The molecule has 0 saturated heterocycles. The normalized spacial score (nSPS) is 11.6. The van der Waals surface area contributed by atoms with Crippen LogP contribution in [0, 0.1) is 0 Å². The van der Waals surface area contributed by atoms with Crippen LogP contribution in [0.1, 0.15) is 0 Å². The molecule has 11 aromatic rings. The molecule has 0 aliphatic carbocycles. The molecule has 0 fully saturated rings. The minimum atomic E-state index is 0.891. The number of imidazole rings is 2. The van der Waals surface area contributed by atoms with Crippen LogP contribution in [-0.2, 0) is 0 Å². The van der Waals surface area contributed by atoms with E-state index in [0.29, 0.717) is 0 Å².